The van der Waals surface area contributed by atoms with Crippen LogP contribution in [-0.2, 0) is 26.0 Å². The second kappa shape index (κ2) is 7.35. The largest absolute Gasteiger partial charge is 0.497 e. The van der Waals surface area contributed by atoms with E-state index in [-0.39, 0.29) is 11.5 Å². The monoisotopic (exact) mass is 377 g/mol. The number of nitrogens with zero attached hydrogens (tertiary/aromatic N) is 1. The fraction of sp³-hybridized carbons (Fsp3) is 0.278. The SMILES string of the molecule is COc1ccc(S(=O)(=O)N2c3ccccc3CC2COCC(=O)O)cc1. The Labute approximate surface area is 151 Å². The lowest BCUT2D eigenvalue weighted by atomic mass is 10.1. The summed E-state index contributed by atoms with van der Waals surface area (Å²) in [6, 6.07) is 12.9. The number of rotatable bonds is 7. The number of benzene rings is 2. The molecule has 1 atom stereocenters. The minimum absolute atomic E-state index is 0.00361. The van der Waals surface area contributed by atoms with E-state index in [0.29, 0.717) is 17.9 Å². The first-order valence-electron chi connectivity index (χ1n) is 7.99. The van der Waals surface area contributed by atoms with Crippen LogP contribution in [0.1, 0.15) is 5.56 Å². The second-order valence-electron chi connectivity index (χ2n) is 5.87. The zero-order valence-corrected chi connectivity index (χ0v) is 15.0. The van der Waals surface area contributed by atoms with Gasteiger partial charge in [-0.3, -0.25) is 4.31 Å². The van der Waals surface area contributed by atoms with Gasteiger partial charge < -0.3 is 14.6 Å². The molecule has 0 saturated carbocycles. The molecule has 2 aromatic carbocycles. The number of sulfonamides is 1. The maximum atomic E-state index is 13.2. The summed E-state index contributed by atoms with van der Waals surface area (Å²) in [5.41, 5.74) is 1.47. The second-order valence-corrected chi connectivity index (χ2v) is 7.69. The van der Waals surface area contributed by atoms with Crippen LogP contribution in [-0.4, -0.2) is 45.9 Å². The molecule has 26 heavy (non-hydrogen) atoms. The van der Waals surface area contributed by atoms with E-state index in [1.54, 1.807) is 24.3 Å². The third-order valence-corrected chi connectivity index (χ3v) is 6.05. The predicted octanol–water partition coefficient (Wildman–Crippen LogP) is 1.92. The summed E-state index contributed by atoms with van der Waals surface area (Å²) in [4.78, 5) is 10.8. The number of methoxy groups -OCH3 is 1. The lowest BCUT2D eigenvalue weighted by Gasteiger charge is -2.26. The molecule has 0 saturated heterocycles. The van der Waals surface area contributed by atoms with Crippen molar-refractivity contribution in [3.63, 3.8) is 0 Å². The molecule has 0 fully saturated rings. The number of carbonyl (C=O) groups is 1. The number of hydrogen-bond donors (Lipinski definition) is 1. The Morgan fingerprint density at radius 1 is 1.19 bits per heavy atom. The quantitative estimate of drug-likeness (QED) is 0.792. The molecule has 1 aliphatic heterocycles. The van der Waals surface area contributed by atoms with Crippen molar-refractivity contribution in [1.29, 1.82) is 0 Å². The van der Waals surface area contributed by atoms with Crippen molar-refractivity contribution in [1.82, 2.24) is 0 Å². The molecule has 0 spiro atoms. The van der Waals surface area contributed by atoms with Crippen molar-refractivity contribution in [3.8, 4) is 5.75 Å². The third kappa shape index (κ3) is 3.51. The molecular weight excluding hydrogens is 358 g/mol. The van der Waals surface area contributed by atoms with Crippen LogP contribution in [0, 0.1) is 0 Å². The number of para-hydroxylation sites is 1. The van der Waals surface area contributed by atoms with Gasteiger partial charge in [0.25, 0.3) is 10.0 Å². The Hall–Kier alpha value is -2.58. The van der Waals surface area contributed by atoms with Crippen molar-refractivity contribution in [3.05, 3.63) is 54.1 Å². The van der Waals surface area contributed by atoms with E-state index < -0.39 is 28.6 Å². The summed E-state index contributed by atoms with van der Waals surface area (Å²) in [6.07, 6.45) is 0.463. The van der Waals surface area contributed by atoms with E-state index in [9.17, 15) is 13.2 Å². The number of anilines is 1. The van der Waals surface area contributed by atoms with Crippen molar-refractivity contribution in [2.45, 2.75) is 17.4 Å². The van der Waals surface area contributed by atoms with Crippen LogP contribution < -0.4 is 9.04 Å². The number of fused-ring (bicyclic) bond motifs is 1. The van der Waals surface area contributed by atoms with Gasteiger partial charge in [-0.15, -0.1) is 0 Å². The topological polar surface area (TPSA) is 93.1 Å². The van der Waals surface area contributed by atoms with Gasteiger partial charge in [0.05, 0.1) is 30.3 Å². The highest BCUT2D eigenvalue weighted by Gasteiger charge is 2.38. The van der Waals surface area contributed by atoms with Crippen LogP contribution in [0.25, 0.3) is 0 Å². The minimum Gasteiger partial charge on any atom is -0.497 e. The van der Waals surface area contributed by atoms with Crippen LogP contribution in [0.15, 0.2) is 53.4 Å². The Kier molecular flexibility index (Phi) is 5.15. The lowest BCUT2D eigenvalue weighted by Crippen LogP contribution is -2.40. The first-order valence-corrected chi connectivity index (χ1v) is 9.43. The van der Waals surface area contributed by atoms with Crippen molar-refractivity contribution in [2.75, 3.05) is 24.6 Å². The van der Waals surface area contributed by atoms with Gasteiger partial charge in [0.15, 0.2) is 0 Å². The van der Waals surface area contributed by atoms with Crippen molar-refractivity contribution < 1.29 is 27.8 Å². The van der Waals surface area contributed by atoms with Gasteiger partial charge in [-0.2, -0.15) is 0 Å². The third-order valence-electron chi connectivity index (χ3n) is 4.17. The molecule has 0 bridgehead atoms. The molecule has 7 nitrogen and oxygen atoms in total. The highest BCUT2D eigenvalue weighted by atomic mass is 32.2. The van der Waals surface area contributed by atoms with Crippen LogP contribution >= 0.6 is 0 Å². The zero-order valence-electron chi connectivity index (χ0n) is 14.2. The molecule has 1 aliphatic rings. The molecule has 0 aliphatic carbocycles. The molecule has 0 aromatic heterocycles. The van der Waals surface area contributed by atoms with Crippen LogP contribution in [0.5, 0.6) is 5.75 Å². The standard InChI is InChI=1S/C18H19NO6S/c1-24-15-6-8-16(9-7-15)26(22,23)19-14(11-25-12-18(20)21)10-13-4-2-3-5-17(13)19/h2-9,14H,10-12H2,1H3,(H,20,21). The van der Waals surface area contributed by atoms with E-state index >= 15 is 0 Å². The summed E-state index contributed by atoms with van der Waals surface area (Å²) in [6.45, 7) is -0.473. The van der Waals surface area contributed by atoms with Gasteiger partial charge in [0.2, 0.25) is 0 Å². The van der Waals surface area contributed by atoms with E-state index in [1.807, 2.05) is 12.1 Å². The van der Waals surface area contributed by atoms with Crippen LogP contribution in [0.3, 0.4) is 0 Å². The molecular formula is C18H19NO6S. The molecule has 8 heteroatoms. The van der Waals surface area contributed by atoms with Crippen LogP contribution in [0.4, 0.5) is 5.69 Å². The number of carboxylic acids is 1. The molecule has 2 aromatic rings. The average Bonchev–Trinajstić information content (AvgIpc) is 3.00. The fourth-order valence-corrected chi connectivity index (χ4v) is 4.70. The van der Waals surface area contributed by atoms with Gasteiger partial charge >= 0.3 is 5.97 Å². The molecule has 0 amide bonds. The highest BCUT2D eigenvalue weighted by Crippen LogP contribution is 2.37. The lowest BCUT2D eigenvalue weighted by molar-refractivity contribution is -0.142. The maximum Gasteiger partial charge on any atom is 0.329 e. The molecule has 138 valence electrons. The Morgan fingerprint density at radius 2 is 1.88 bits per heavy atom. The van der Waals surface area contributed by atoms with Gasteiger partial charge in [0.1, 0.15) is 12.4 Å². The molecule has 3 rings (SSSR count). The predicted molar refractivity (Wildman–Crippen MR) is 95.0 cm³/mol. The van der Waals surface area contributed by atoms with Gasteiger partial charge in [-0.1, -0.05) is 18.2 Å². The molecule has 1 N–H and O–H groups in total. The van der Waals surface area contributed by atoms with Crippen molar-refractivity contribution in [2.24, 2.45) is 0 Å². The van der Waals surface area contributed by atoms with E-state index in [0.717, 1.165) is 5.56 Å². The minimum atomic E-state index is -3.83. The molecule has 1 unspecified atom stereocenters. The highest BCUT2D eigenvalue weighted by molar-refractivity contribution is 7.92. The Bertz CT molecular complexity index is 894. The van der Waals surface area contributed by atoms with E-state index in [2.05, 4.69) is 0 Å². The van der Waals surface area contributed by atoms with Crippen LogP contribution in [0.2, 0.25) is 0 Å². The normalized spacial score (nSPS) is 16.3. The van der Waals surface area contributed by atoms with Gasteiger partial charge in [0, 0.05) is 0 Å². The first-order chi connectivity index (χ1) is 12.4. The van der Waals surface area contributed by atoms with E-state index in [4.69, 9.17) is 14.6 Å². The van der Waals surface area contributed by atoms with Gasteiger partial charge in [-0.25, -0.2) is 13.2 Å². The van der Waals surface area contributed by atoms with Crippen molar-refractivity contribution >= 4 is 21.7 Å². The fourth-order valence-electron chi connectivity index (χ4n) is 3.03. The summed E-state index contributed by atoms with van der Waals surface area (Å²) >= 11 is 0. The summed E-state index contributed by atoms with van der Waals surface area (Å²) < 4.78 is 38.0. The molecule has 1 heterocycles. The number of ether oxygens (including phenoxy) is 2. The molecule has 0 radical (unpaired) electrons. The first kappa shape index (κ1) is 18.2. The zero-order chi connectivity index (χ0) is 18.7. The Morgan fingerprint density at radius 3 is 2.54 bits per heavy atom. The number of hydrogen-bond acceptors (Lipinski definition) is 5. The summed E-state index contributed by atoms with van der Waals surface area (Å²) in [7, 11) is -2.32. The summed E-state index contributed by atoms with van der Waals surface area (Å²) in [5.74, 6) is -0.530. The number of aliphatic carboxylic acids is 1. The number of carboxylic acid groups (broad SMARTS) is 1. The average molecular weight is 377 g/mol. The van der Waals surface area contributed by atoms with E-state index in [1.165, 1.54) is 23.5 Å². The van der Waals surface area contributed by atoms with Gasteiger partial charge in [-0.05, 0) is 42.3 Å². The summed E-state index contributed by atoms with van der Waals surface area (Å²) in [5, 5.41) is 8.75. The Balaban J connectivity index is 1.94. The smallest absolute Gasteiger partial charge is 0.329 e. The maximum absolute atomic E-state index is 13.2.